The van der Waals surface area contributed by atoms with Gasteiger partial charge in [0.25, 0.3) is 0 Å². The zero-order chi connectivity index (χ0) is 15.3. The van der Waals surface area contributed by atoms with E-state index in [0.29, 0.717) is 16.7 Å². The number of halogens is 3. The summed E-state index contributed by atoms with van der Waals surface area (Å²) in [5.74, 6) is 1.87. The largest absolute Gasteiger partial charge is 0.416 e. The van der Waals surface area contributed by atoms with Gasteiger partial charge in [-0.2, -0.15) is 13.2 Å². The number of hydrogen-bond donors (Lipinski definition) is 1. The van der Waals surface area contributed by atoms with E-state index < -0.39 is 17.6 Å². The maximum atomic E-state index is 12.6. The highest BCUT2D eigenvalue weighted by Crippen LogP contribution is 2.31. The molecule has 106 valence electrons. The van der Waals surface area contributed by atoms with Crippen LogP contribution in [-0.4, -0.2) is 12.5 Å². The molecule has 1 aromatic carbocycles. The first-order valence-electron chi connectivity index (χ1n) is 5.84. The molecular formula is C15H14F3NO. The van der Waals surface area contributed by atoms with Crippen molar-refractivity contribution in [3.05, 3.63) is 41.0 Å². The fraction of sp³-hybridized carbons (Fsp3) is 0.267. The number of terminal acetylenes is 1. The molecule has 1 N–H and O–H groups in total. The first-order chi connectivity index (χ1) is 9.27. The molecular weight excluding hydrogens is 267 g/mol. The van der Waals surface area contributed by atoms with E-state index in [1.54, 1.807) is 13.8 Å². The number of allylic oxidation sites excluding steroid dienone is 1. The number of amides is 1. The Morgan fingerprint density at radius 3 is 2.55 bits per heavy atom. The molecule has 1 rings (SSSR count). The molecule has 0 fully saturated rings. The lowest BCUT2D eigenvalue weighted by molar-refractivity contribution is -0.137. The van der Waals surface area contributed by atoms with Gasteiger partial charge in [0.2, 0.25) is 5.91 Å². The highest BCUT2D eigenvalue weighted by atomic mass is 19.4. The molecule has 1 amide bonds. The van der Waals surface area contributed by atoms with Crippen LogP contribution < -0.4 is 5.32 Å². The van der Waals surface area contributed by atoms with Crippen LogP contribution in [0, 0.1) is 12.3 Å². The summed E-state index contributed by atoms with van der Waals surface area (Å²) in [4.78, 5) is 11.7. The number of carbonyl (C=O) groups is 1. The normalized spacial score (nSPS) is 12.4. The molecule has 0 heterocycles. The third-order valence-corrected chi connectivity index (χ3v) is 2.88. The minimum atomic E-state index is -4.41. The van der Waals surface area contributed by atoms with Crippen molar-refractivity contribution in [2.75, 3.05) is 6.54 Å². The van der Waals surface area contributed by atoms with Crippen LogP contribution in [0.25, 0.3) is 5.57 Å². The Hall–Kier alpha value is -2.22. The van der Waals surface area contributed by atoms with E-state index in [9.17, 15) is 18.0 Å². The Balaban J connectivity index is 3.11. The van der Waals surface area contributed by atoms with Crippen LogP contribution in [0.15, 0.2) is 29.8 Å². The molecule has 0 unspecified atom stereocenters. The molecule has 0 aliphatic carbocycles. The first-order valence-corrected chi connectivity index (χ1v) is 5.84. The van der Waals surface area contributed by atoms with Crippen molar-refractivity contribution in [2.45, 2.75) is 20.0 Å². The summed E-state index contributed by atoms with van der Waals surface area (Å²) in [5.41, 5.74) is 0.421. The van der Waals surface area contributed by atoms with Crippen LogP contribution >= 0.6 is 0 Å². The van der Waals surface area contributed by atoms with E-state index in [-0.39, 0.29) is 6.54 Å². The smallest absolute Gasteiger partial charge is 0.341 e. The lowest BCUT2D eigenvalue weighted by Crippen LogP contribution is -2.24. The van der Waals surface area contributed by atoms with Crippen LogP contribution in [0.4, 0.5) is 13.2 Å². The van der Waals surface area contributed by atoms with Crippen molar-refractivity contribution < 1.29 is 18.0 Å². The van der Waals surface area contributed by atoms with Crippen molar-refractivity contribution in [2.24, 2.45) is 0 Å². The number of hydrogen-bond acceptors (Lipinski definition) is 1. The average Bonchev–Trinajstić information content (AvgIpc) is 2.42. The van der Waals surface area contributed by atoms with Gasteiger partial charge in [-0.1, -0.05) is 18.1 Å². The zero-order valence-electron chi connectivity index (χ0n) is 11.1. The summed E-state index contributed by atoms with van der Waals surface area (Å²) in [6, 6.07) is 4.86. The van der Waals surface area contributed by atoms with Crippen molar-refractivity contribution in [3.8, 4) is 12.3 Å². The molecule has 0 radical (unpaired) electrons. The molecule has 0 atom stereocenters. The summed E-state index contributed by atoms with van der Waals surface area (Å²) < 4.78 is 37.9. The van der Waals surface area contributed by atoms with Crippen LogP contribution in [0.1, 0.15) is 25.0 Å². The fourth-order valence-electron chi connectivity index (χ4n) is 1.58. The molecule has 0 saturated heterocycles. The van der Waals surface area contributed by atoms with Crippen molar-refractivity contribution in [1.29, 1.82) is 0 Å². The van der Waals surface area contributed by atoms with Gasteiger partial charge in [0, 0.05) is 5.57 Å². The lowest BCUT2D eigenvalue weighted by atomic mass is 9.99. The van der Waals surface area contributed by atoms with E-state index in [0.717, 1.165) is 12.1 Å². The SMILES string of the molecule is C#CCNC(=O)/C(C)=C(\C)c1cccc(C(F)(F)F)c1. The third-order valence-electron chi connectivity index (χ3n) is 2.88. The zero-order valence-corrected chi connectivity index (χ0v) is 11.1. The molecule has 0 bridgehead atoms. The van der Waals surface area contributed by atoms with E-state index in [2.05, 4.69) is 11.2 Å². The Bertz CT molecular complexity index is 580. The van der Waals surface area contributed by atoms with Crippen molar-refractivity contribution in [1.82, 2.24) is 5.32 Å². The molecule has 0 aliphatic heterocycles. The van der Waals surface area contributed by atoms with Gasteiger partial charge < -0.3 is 5.32 Å². The molecule has 0 aliphatic rings. The topological polar surface area (TPSA) is 29.1 Å². The lowest BCUT2D eigenvalue weighted by Gasteiger charge is -2.11. The van der Waals surface area contributed by atoms with Gasteiger partial charge >= 0.3 is 6.18 Å². The highest BCUT2D eigenvalue weighted by molar-refractivity contribution is 6.00. The standard InChI is InChI=1S/C15H14F3NO/c1-4-8-19-14(20)11(3)10(2)12-6-5-7-13(9-12)15(16,17)18/h1,5-7,9H,8H2,2-3H3,(H,19,20)/b11-10+. The van der Waals surface area contributed by atoms with Gasteiger partial charge in [-0.15, -0.1) is 6.42 Å². The van der Waals surface area contributed by atoms with Gasteiger partial charge in [-0.05, 0) is 37.1 Å². The first kappa shape index (κ1) is 15.8. The molecule has 0 saturated carbocycles. The maximum absolute atomic E-state index is 12.6. The number of benzene rings is 1. The second kappa shape index (κ2) is 6.29. The molecule has 20 heavy (non-hydrogen) atoms. The predicted molar refractivity (Wildman–Crippen MR) is 71.6 cm³/mol. The summed E-state index contributed by atoms with van der Waals surface area (Å²) in [7, 11) is 0. The molecule has 5 heteroatoms. The van der Waals surface area contributed by atoms with E-state index in [4.69, 9.17) is 6.42 Å². The second-order valence-corrected chi connectivity index (χ2v) is 4.22. The number of nitrogens with one attached hydrogen (secondary N) is 1. The van der Waals surface area contributed by atoms with E-state index in [1.165, 1.54) is 12.1 Å². The Kier molecular flexibility index (Phi) is 4.98. The fourth-order valence-corrected chi connectivity index (χ4v) is 1.58. The van der Waals surface area contributed by atoms with Crippen LogP contribution in [-0.2, 0) is 11.0 Å². The monoisotopic (exact) mass is 281 g/mol. The van der Waals surface area contributed by atoms with Gasteiger partial charge in [0.15, 0.2) is 0 Å². The van der Waals surface area contributed by atoms with Gasteiger partial charge in [-0.3, -0.25) is 4.79 Å². The van der Waals surface area contributed by atoms with Crippen LogP contribution in [0.2, 0.25) is 0 Å². The maximum Gasteiger partial charge on any atom is 0.416 e. The van der Waals surface area contributed by atoms with Crippen molar-refractivity contribution in [3.63, 3.8) is 0 Å². The summed E-state index contributed by atoms with van der Waals surface area (Å²) in [6.45, 7) is 3.22. The third kappa shape index (κ3) is 3.89. The predicted octanol–water partition coefficient (Wildman–Crippen LogP) is 3.25. The van der Waals surface area contributed by atoms with E-state index >= 15 is 0 Å². The quantitative estimate of drug-likeness (QED) is 0.669. The van der Waals surface area contributed by atoms with Crippen LogP contribution in [0.5, 0.6) is 0 Å². The highest BCUT2D eigenvalue weighted by Gasteiger charge is 2.30. The summed E-state index contributed by atoms with van der Waals surface area (Å²) >= 11 is 0. The molecule has 0 aromatic heterocycles. The summed E-state index contributed by atoms with van der Waals surface area (Å²) in [5, 5.41) is 2.47. The molecule has 1 aromatic rings. The Morgan fingerprint density at radius 1 is 1.35 bits per heavy atom. The second-order valence-electron chi connectivity index (χ2n) is 4.22. The molecule has 2 nitrogen and oxygen atoms in total. The number of alkyl halides is 3. The Morgan fingerprint density at radius 2 is 2.00 bits per heavy atom. The number of carbonyl (C=O) groups excluding carboxylic acids is 1. The van der Waals surface area contributed by atoms with Crippen molar-refractivity contribution >= 4 is 11.5 Å². The van der Waals surface area contributed by atoms with Gasteiger partial charge in [0.1, 0.15) is 0 Å². The van der Waals surface area contributed by atoms with Crippen LogP contribution in [0.3, 0.4) is 0 Å². The average molecular weight is 281 g/mol. The van der Waals surface area contributed by atoms with E-state index in [1.807, 2.05) is 0 Å². The molecule has 0 spiro atoms. The minimum absolute atomic E-state index is 0.0754. The van der Waals surface area contributed by atoms with Gasteiger partial charge in [0.05, 0.1) is 12.1 Å². The number of rotatable bonds is 3. The minimum Gasteiger partial charge on any atom is -0.341 e. The Labute approximate surface area is 115 Å². The van der Waals surface area contributed by atoms with Gasteiger partial charge in [-0.25, -0.2) is 0 Å². The summed E-state index contributed by atoms with van der Waals surface area (Å²) in [6.07, 6.45) is 0.619.